The van der Waals surface area contributed by atoms with Crippen LogP contribution in [0.1, 0.15) is 38.7 Å². The Morgan fingerprint density at radius 1 is 1.06 bits per heavy atom. The van der Waals surface area contributed by atoms with E-state index >= 15 is 0 Å². The Morgan fingerprint density at radius 2 is 1.87 bits per heavy atom. The van der Waals surface area contributed by atoms with Crippen LogP contribution in [-0.2, 0) is 6.42 Å². The zero-order chi connectivity index (χ0) is 22.0. The minimum absolute atomic E-state index is 0.0315. The molecular formula is C23H25F3N4O. The lowest BCUT2D eigenvalue weighted by molar-refractivity contribution is 0.509. The number of nitrogens with zero attached hydrogens (tertiary/aromatic N) is 3. The molecule has 4 rings (SSSR count). The van der Waals surface area contributed by atoms with Crippen molar-refractivity contribution in [3.63, 3.8) is 0 Å². The summed E-state index contributed by atoms with van der Waals surface area (Å²) >= 11 is 0. The molecule has 1 saturated carbocycles. The Bertz CT molecular complexity index is 1060. The Balaban J connectivity index is 1.68. The van der Waals surface area contributed by atoms with Crippen molar-refractivity contribution in [2.75, 3.05) is 23.3 Å². The molecule has 0 amide bonds. The van der Waals surface area contributed by atoms with Gasteiger partial charge in [0.05, 0.1) is 16.9 Å². The van der Waals surface area contributed by atoms with Crippen LogP contribution in [0.4, 0.5) is 30.6 Å². The molecule has 164 valence electrons. The van der Waals surface area contributed by atoms with Crippen LogP contribution in [-0.4, -0.2) is 23.3 Å². The fourth-order valence-corrected chi connectivity index (χ4v) is 3.46. The molecule has 1 N–H and O–H groups in total. The maximum absolute atomic E-state index is 14.7. The molecule has 1 aliphatic carbocycles. The predicted molar refractivity (Wildman–Crippen MR) is 114 cm³/mol. The van der Waals surface area contributed by atoms with Crippen molar-refractivity contribution in [3.05, 3.63) is 53.3 Å². The van der Waals surface area contributed by atoms with Gasteiger partial charge in [-0.05, 0) is 61.4 Å². The first kappa shape index (κ1) is 21.2. The first-order chi connectivity index (χ1) is 15.0. The van der Waals surface area contributed by atoms with Crippen molar-refractivity contribution >= 4 is 17.4 Å². The number of benzene rings is 2. The fraction of sp³-hybridized carbons (Fsp3) is 0.391. The van der Waals surface area contributed by atoms with Crippen LogP contribution in [0.5, 0.6) is 0 Å². The molecule has 0 bridgehead atoms. The highest BCUT2D eigenvalue weighted by atomic mass is 19.2. The van der Waals surface area contributed by atoms with Crippen molar-refractivity contribution in [2.45, 2.75) is 39.5 Å². The van der Waals surface area contributed by atoms with E-state index in [1.165, 1.54) is 31.0 Å². The first-order valence-corrected chi connectivity index (χ1v) is 10.6. The lowest BCUT2D eigenvalue weighted by atomic mass is 10.1. The summed E-state index contributed by atoms with van der Waals surface area (Å²) in [5, 5.41) is 10.9. The first-order valence-electron chi connectivity index (χ1n) is 10.6. The van der Waals surface area contributed by atoms with Gasteiger partial charge in [0.1, 0.15) is 5.82 Å². The van der Waals surface area contributed by atoms with Gasteiger partial charge in [0.15, 0.2) is 11.6 Å². The molecule has 2 aromatic carbocycles. The SMILES string of the molecule is CCCN(CC1CC1)c1nnc(-c2ccc(F)c(F)c2Nc2ccc(CC)cc2F)o1. The number of rotatable bonds is 9. The highest BCUT2D eigenvalue weighted by molar-refractivity contribution is 5.78. The molecule has 1 heterocycles. The Hall–Kier alpha value is -3.03. The summed E-state index contributed by atoms with van der Waals surface area (Å²) in [5.74, 6) is -2.09. The van der Waals surface area contributed by atoms with Crippen LogP contribution in [0.25, 0.3) is 11.5 Å². The van der Waals surface area contributed by atoms with Crippen molar-refractivity contribution in [1.29, 1.82) is 0 Å². The topological polar surface area (TPSA) is 54.2 Å². The van der Waals surface area contributed by atoms with Gasteiger partial charge in [-0.25, -0.2) is 13.2 Å². The number of hydrogen-bond acceptors (Lipinski definition) is 5. The third kappa shape index (κ3) is 4.68. The van der Waals surface area contributed by atoms with E-state index in [-0.39, 0.29) is 22.8 Å². The largest absolute Gasteiger partial charge is 0.403 e. The summed E-state index contributed by atoms with van der Waals surface area (Å²) in [4.78, 5) is 2.02. The highest BCUT2D eigenvalue weighted by Crippen LogP contribution is 2.36. The monoisotopic (exact) mass is 430 g/mol. The van der Waals surface area contributed by atoms with E-state index in [9.17, 15) is 13.2 Å². The minimum atomic E-state index is -1.14. The second-order valence-corrected chi connectivity index (χ2v) is 7.86. The predicted octanol–water partition coefficient (Wildman–Crippen LogP) is 6.09. The molecule has 3 aromatic rings. The summed E-state index contributed by atoms with van der Waals surface area (Å²) in [6.07, 6.45) is 3.94. The fourth-order valence-electron chi connectivity index (χ4n) is 3.46. The minimum Gasteiger partial charge on any atom is -0.403 e. The molecule has 5 nitrogen and oxygen atoms in total. The van der Waals surface area contributed by atoms with Gasteiger partial charge in [-0.2, -0.15) is 0 Å². The summed E-state index contributed by atoms with van der Waals surface area (Å²) in [5.41, 5.74) is 0.752. The zero-order valence-electron chi connectivity index (χ0n) is 17.6. The summed E-state index contributed by atoms with van der Waals surface area (Å²) in [6.45, 7) is 5.56. The van der Waals surface area contributed by atoms with Crippen LogP contribution < -0.4 is 10.2 Å². The number of aromatic nitrogens is 2. The number of aryl methyl sites for hydroxylation is 1. The van der Waals surface area contributed by atoms with Gasteiger partial charge in [0.25, 0.3) is 5.89 Å². The van der Waals surface area contributed by atoms with Gasteiger partial charge < -0.3 is 14.6 Å². The summed E-state index contributed by atoms with van der Waals surface area (Å²) in [6, 6.07) is 7.28. The maximum atomic E-state index is 14.7. The molecule has 0 spiro atoms. The highest BCUT2D eigenvalue weighted by Gasteiger charge is 2.27. The molecule has 0 aliphatic heterocycles. The maximum Gasteiger partial charge on any atom is 0.318 e. The molecule has 0 unspecified atom stereocenters. The summed E-state index contributed by atoms with van der Waals surface area (Å²) in [7, 11) is 0. The van der Waals surface area contributed by atoms with E-state index in [0.29, 0.717) is 18.4 Å². The number of hydrogen-bond donors (Lipinski definition) is 1. The zero-order valence-corrected chi connectivity index (χ0v) is 17.6. The van der Waals surface area contributed by atoms with Gasteiger partial charge in [-0.3, -0.25) is 0 Å². The Kier molecular flexibility index (Phi) is 6.15. The molecule has 0 saturated heterocycles. The van der Waals surface area contributed by atoms with Crippen molar-refractivity contribution in [2.24, 2.45) is 5.92 Å². The normalized spacial score (nSPS) is 13.5. The average Bonchev–Trinajstić information content (AvgIpc) is 3.45. The molecule has 8 heteroatoms. The van der Waals surface area contributed by atoms with Gasteiger partial charge in [0.2, 0.25) is 0 Å². The van der Waals surface area contributed by atoms with Crippen molar-refractivity contribution < 1.29 is 17.6 Å². The van der Waals surface area contributed by atoms with Crippen LogP contribution in [0.15, 0.2) is 34.7 Å². The van der Waals surface area contributed by atoms with E-state index in [0.717, 1.165) is 31.1 Å². The number of nitrogens with one attached hydrogen (secondary N) is 1. The third-order valence-electron chi connectivity index (χ3n) is 5.38. The number of halogens is 3. The van der Waals surface area contributed by atoms with Gasteiger partial charge >= 0.3 is 6.01 Å². The lowest BCUT2D eigenvalue weighted by Gasteiger charge is -2.18. The van der Waals surface area contributed by atoms with Crippen LogP contribution in [0, 0.1) is 23.4 Å². The Morgan fingerprint density at radius 3 is 2.55 bits per heavy atom. The van der Waals surface area contributed by atoms with Crippen LogP contribution >= 0.6 is 0 Å². The molecule has 0 atom stereocenters. The molecule has 0 radical (unpaired) electrons. The molecule has 1 fully saturated rings. The molecule has 31 heavy (non-hydrogen) atoms. The third-order valence-corrected chi connectivity index (χ3v) is 5.38. The second kappa shape index (κ2) is 8.99. The van der Waals surface area contributed by atoms with Crippen molar-refractivity contribution in [1.82, 2.24) is 10.2 Å². The standard InChI is InChI=1S/C23H25F3N4O/c1-3-11-30(13-15-5-6-15)23-29-28-22(31-23)16-8-9-17(24)20(26)21(16)27-19-10-7-14(4-2)12-18(19)25/h7-10,12,15,27H,3-6,11,13H2,1-2H3. The quantitative estimate of drug-likeness (QED) is 0.445. The second-order valence-electron chi connectivity index (χ2n) is 7.86. The smallest absolute Gasteiger partial charge is 0.318 e. The van der Waals surface area contributed by atoms with Crippen molar-refractivity contribution in [3.8, 4) is 11.5 Å². The van der Waals surface area contributed by atoms with Gasteiger partial charge in [-0.1, -0.05) is 25.0 Å². The van der Waals surface area contributed by atoms with Gasteiger partial charge in [-0.15, -0.1) is 5.10 Å². The molecule has 1 aromatic heterocycles. The average molecular weight is 430 g/mol. The lowest BCUT2D eigenvalue weighted by Crippen LogP contribution is -2.26. The van der Waals surface area contributed by atoms with E-state index in [1.807, 2.05) is 11.8 Å². The van der Waals surface area contributed by atoms with Gasteiger partial charge in [0, 0.05) is 13.1 Å². The van der Waals surface area contributed by atoms with E-state index in [4.69, 9.17) is 4.42 Å². The molecular weight excluding hydrogens is 405 g/mol. The van der Waals surface area contributed by atoms with E-state index in [1.54, 1.807) is 6.07 Å². The van der Waals surface area contributed by atoms with E-state index < -0.39 is 17.5 Å². The van der Waals surface area contributed by atoms with E-state index in [2.05, 4.69) is 22.4 Å². The number of anilines is 3. The van der Waals surface area contributed by atoms with Crippen LogP contribution in [0.2, 0.25) is 0 Å². The Labute approximate surface area is 179 Å². The summed E-state index contributed by atoms with van der Waals surface area (Å²) < 4.78 is 49.0. The van der Waals surface area contributed by atoms with Crippen LogP contribution in [0.3, 0.4) is 0 Å². The molecule has 1 aliphatic rings.